The van der Waals surface area contributed by atoms with Crippen molar-refractivity contribution in [3.8, 4) is 0 Å². The molecule has 1 fully saturated rings. The van der Waals surface area contributed by atoms with Crippen LogP contribution in [0.4, 0.5) is 0 Å². The number of hydrogen-bond donors (Lipinski definition) is 0. The number of halogens is 1. The Hall–Kier alpha value is -1.09. The van der Waals surface area contributed by atoms with Crippen molar-refractivity contribution in [1.82, 2.24) is 4.98 Å². The van der Waals surface area contributed by atoms with Gasteiger partial charge in [0.1, 0.15) is 11.3 Å². The van der Waals surface area contributed by atoms with E-state index < -0.39 is 0 Å². The van der Waals surface area contributed by atoms with E-state index in [0.29, 0.717) is 16.6 Å². The van der Waals surface area contributed by atoms with Gasteiger partial charge in [0, 0.05) is 5.69 Å². The Balaban J connectivity index is 2.04. The lowest BCUT2D eigenvalue weighted by Crippen LogP contribution is -2.24. The maximum Gasteiger partial charge on any atom is 0.338 e. The molecular formula is C16H22ClNO2. The number of esters is 1. The fraction of sp³-hybridized carbons (Fsp3) is 0.625. The van der Waals surface area contributed by atoms with Crippen LogP contribution in [-0.2, 0) is 11.2 Å². The smallest absolute Gasteiger partial charge is 0.338 e. The molecule has 1 saturated carbocycles. The molecule has 1 heterocycles. The van der Waals surface area contributed by atoms with E-state index in [9.17, 15) is 4.79 Å². The van der Waals surface area contributed by atoms with Gasteiger partial charge in [-0.15, -0.1) is 0 Å². The molecule has 1 aliphatic rings. The first-order chi connectivity index (χ1) is 9.58. The van der Waals surface area contributed by atoms with Crippen molar-refractivity contribution >= 4 is 17.6 Å². The van der Waals surface area contributed by atoms with Gasteiger partial charge < -0.3 is 4.74 Å². The lowest BCUT2D eigenvalue weighted by atomic mass is 9.89. The van der Waals surface area contributed by atoms with Crippen LogP contribution in [0.15, 0.2) is 12.1 Å². The number of hydrogen-bond acceptors (Lipinski definition) is 3. The molecule has 0 aromatic carbocycles. The highest BCUT2D eigenvalue weighted by Crippen LogP contribution is 2.26. The van der Waals surface area contributed by atoms with Crippen molar-refractivity contribution in [2.75, 3.05) is 0 Å². The zero-order valence-electron chi connectivity index (χ0n) is 12.2. The summed E-state index contributed by atoms with van der Waals surface area (Å²) in [5.74, 6) is 0.365. The van der Waals surface area contributed by atoms with Crippen molar-refractivity contribution in [1.29, 1.82) is 0 Å². The van der Waals surface area contributed by atoms with Gasteiger partial charge in [-0.25, -0.2) is 9.78 Å². The Morgan fingerprint density at radius 2 is 2.25 bits per heavy atom. The summed E-state index contributed by atoms with van der Waals surface area (Å²) in [5, 5.41) is 0.361. The average molecular weight is 296 g/mol. The van der Waals surface area contributed by atoms with Crippen LogP contribution in [0.1, 0.15) is 62.0 Å². The topological polar surface area (TPSA) is 39.2 Å². The fourth-order valence-electron chi connectivity index (χ4n) is 2.76. The van der Waals surface area contributed by atoms with Crippen LogP contribution in [0.25, 0.3) is 0 Å². The third kappa shape index (κ3) is 4.20. The van der Waals surface area contributed by atoms with E-state index in [1.807, 2.05) is 0 Å². The predicted octanol–water partition coefficient (Wildman–Crippen LogP) is 4.42. The normalized spacial score (nSPS) is 22.6. The minimum Gasteiger partial charge on any atom is -0.459 e. The minimum absolute atomic E-state index is 0.0489. The van der Waals surface area contributed by atoms with Gasteiger partial charge in [0.25, 0.3) is 0 Å². The average Bonchev–Trinajstić information content (AvgIpc) is 2.38. The number of rotatable bonds is 4. The van der Waals surface area contributed by atoms with Gasteiger partial charge in [0.05, 0.1) is 5.56 Å². The largest absolute Gasteiger partial charge is 0.459 e. The van der Waals surface area contributed by atoms with E-state index in [2.05, 4.69) is 18.8 Å². The highest BCUT2D eigenvalue weighted by molar-refractivity contribution is 6.29. The quantitative estimate of drug-likeness (QED) is 0.609. The van der Waals surface area contributed by atoms with Gasteiger partial charge in [0.15, 0.2) is 0 Å². The molecule has 3 nitrogen and oxygen atoms in total. The van der Waals surface area contributed by atoms with E-state index in [1.54, 1.807) is 12.1 Å². The Bertz CT molecular complexity index is 476. The number of pyridine rings is 1. The van der Waals surface area contributed by atoms with E-state index in [-0.39, 0.29) is 12.1 Å². The number of carbonyl (C=O) groups excluding carboxylic acids is 1. The van der Waals surface area contributed by atoms with Crippen molar-refractivity contribution in [2.45, 2.75) is 58.5 Å². The predicted molar refractivity (Wildman–Crippen MR) is 80.1 cm³/mol. The Morgan fingerprint density at radius 1 is 1.45 bits per heavy atom. The van der Waals surface area contributed by atoms with E-state index in [4.69, 9.17) is 16.3 Å². The maximum atomic E-state index is 12.2. The van der Waals surface area contributed by atoms with Crippen LogP contribution in [0.3, 0.4) is 0 Å². The maximum absolute atomic E-state index is 12.2. The lowest BCUT2D eigenvalue weighted by Gasteiger charge is -2.26. The molecule has 1 aromatic rings. The van der Waals surface area contributed by atoms with Crippen LogP contribution in [-0.4, -0.2) is 17.1 Å². The molecule has 0 spiro atoms. The number of carbonyl (C=O) groups is 1. The summed E-state index contributed by atoms with van der Waals surface area (Å²) in [4.78, 5) is 16.4. The van der Waals surface area contributed by atoms with Gasteiger partial charge in [-0.2, -0.15) is 0 Å². The summed E-state index contributed by atoms with van der Waals surface area (Å²) in [6.07, 6.45) is 6.15. The monoisotopic (exact) mass is 295 g/mol. The second-order valence-corrected chi connectivity index (χ2v) is 6.11. The summed E-state index contributed by atoms with van der Waals surface area (Å²) in [6.45, 7) is 4.28. The second-order valence-electron chi connectivity index (χ2n) is 5.72. The molecule has 0 aliphatic heterocycles. The minimum atomic E-state index is -0.272. The van der Waals surface area contributed by atoms with E-state index in [1.165, 1.54) is 6.42 Å². The molecule has 2 unspecified atom stereocenters. The lowest BCUT2D eigenvalue weighted by molar-refractivity contribution is 0.0155. The van der Waals surface area contributed by atoms with Crippen LogP contribution >= 0.6 is 11.6 Å². The van der Waals surface area contributed by atoms with Crippen molar-refractivity contribution < 1.29 is 9.53 Å². The molecule has 2 atom stereocenters. The van der Waals surface area contributed by atoms with E-state index in [0.717, 1.165) is 37.8 Å². The molecule has 1 aromatic heterocycles. The number of nitrogens with zero attached hydrogens (tertiary/aromatic N) is 1. The fourth-order valence-corrected chi connectivity index (χ4v) is 2.98. The Morgan fingerprint density at radius 3 is 2.95 bits per heavy atom. The standard InChI is InChI=1S/C16H22ClNO2/c1-3-5-13-9-12(10-15(17)18-13)16(19)20-14-7-4-6-11(2)8-14/h9-11,14H,3-8H2,1-2H3. The second kappa shape index (κ2) is 7.07. The number of aryl methyl sites for hydroxylation is 1. The molecule has 4 heteroatoms. The van der Waals surface area contributed by atoms with Crippen molar-refractivity contribution in [2.24, 2.45) is 5.92 Å². The molecule has 0 radical (unpaired) electrons. The molecule has 2 rings (SSSR count). The third-order valence-electron chi connectivity index (χ3n) is 3.75. The van der Waals surface area contributed by atoms with Crippen molar-refractivity contribution in [3.05, 3.63) is 28.5 Å². The first-order valence-electron chi connectivity index (χ1n) is 7.46. The zero-order chi connectivity index (χ0) is 14.5. The molecule has 0 amide bonds. The number of ether oxygens (including phenoxy) is 1. The van der Waals surface area contributed by atoms with Gasteiger partial charge in [-0.1, -0.05) is 38.3 Å². The summed E-state index contributed by atoms with van der Waals surface area (Å²) in [6, 6.07) is 3.39. The van der Waals surface area contributed by atoms with Crippen LogP contribution in [0.2, 0.25) is 5.15 Å². The Labute approximate surface area is 125 Å². The van der Waals surface area contributed by atoms with Gasteiger partial charge in [0.2, 0.25) is 0 Å². The molecule has 0 saturated heterocycles. The highest BCUT2D eigenvalue weighted by Gasteiger charge is 2.23. The van der Waals surface area contributed by atoms with Crippen LogP contribution in [0.5, 0.6) is 0 Å². The molecule has 110 valence electrons. The van der Waals surface area contributed by atoms with Crippen LogP contribution < -0.4 is 0 Å². The summed E-state index contributed by atoms with van der Waals surface area (Å²) in [7, 11) is 0. The Kier molecular flexibility index (Phi) is 5.41. The molecule has 0 bridgehead atoms. The summed E-state index contributed by atoms with van der Waals surface area (Å²) >= 11 is 5.98. The van der Waals surface area contributed by atoms with Crippen molar-refractivity contribution in [3.63, 3.8) is 0 Å². The number of aromatic nitrogens is 1. The molecular weight excluding hydrogens is 274 g/mol. The first kappa shape index (κ1) is 15.3. The molecule has 1 aliphatic carbocycles. The van der Waals surface area contributed by atoms with E-state index >= 15 is 0 Å². The highest BCUT2D eigenvalue weighted by atomic mass is 35.5. The van der Waals surface area contributed by atoms with Gasteiger partial charge in [-0.3, -0.25) is 0 Å². The van der Waals surface area contributed by atoms with Gasteiger partial charge >= 0.3 is 5.97 Å². The van der Waals surface area contributed by atoms with Gasteiger partial charge in [-0.05, 0) is 43.7 Å². The summed E-state index contributed by atoms with van der Waals surface area (Å²) in [5.41, 5.74) is 1.37. The molecule has 0 N–H and O–H groups in total. The zero-order valence-corrected chi connectivity index (χ0v) is 12.9. The summed E-state index contributed by atoms with van der Waals surface area (Å²) < 4.78 is 5.61. The van der Waals surface area contributed by atoms with Crippen LogP contribution in [0, 0.1) is 5.92 Å². The SMILES string of the molecule is CCCc1cc(C(=O)OC2CCCC(C)C2)cc(Cl)n1. The third-order valence-corrected chi connectivity index (χ3v) is 3.94. The molecule has 20 heavy (non-hydrogen) atoms. The first-order valence-corrected chi connectivity index (χ1v) is 7.83.